The Labute approximate surface area is 150 Å². The van der Waals surface area contributed by atoms with E-state index in [0.29, 0.717) is 12.3 Å². The molecule has 1 amide bonds. The number of amides is 1. The number of likely N-dealkylation sites (tertiary alicyclic amines) is 1. The zero-order chi connectivity index (χ0) is 17.5. The number of aryl methyl sites for hydroxylation is 1. The summed E-state index contributed by atoms with van der Waals surface area (Å²) in [5.74, 6) is 0.849. The van der Waals surface area contributed by atoms with Gasteiger partial charge in [-0.25, -0.2) is 0 Å². The number of hydrogen-bond donors (Lipinski definition) is 0. The summed E-state index contributed by atoms with van der Waals surface area (Å²) in [6.45, 7) is 2.39. The fourth-order valence-corrected chi connectivity index (χ4v) is 4.27. The summed E-state index contributed by atoms with van der Waals surface area (Å²) < 4.78 is 7.06. The molecule has 2 heterocycles. The van der Waals surface area contributed by atoms with Gasteiger partial charge in [0.1, 0.15) is 0 Å². The molecule has 6 nitrogen and oxygen atoms in total. The number of hydrogen-bond acceptors (Lipinski definition) is 4. The lowest BCUT2D eigenvalue weighted by Gasteiger charge is -2.35. The number of carbonyl (C=O) groups is 1. The molecule has 1 atom stereocenters. The maximum absolute atomic E-state index is 12.9. The van der Waals surface area contributed by atoms with E-state index in [4.69, 9.17) is 4.74 Å². The van der Waals surface area contributed by atoms with Crippen molar-refractivity contribution in [1.29, 1.82) is 0 Å². The predicted octanol–water partition coefficient (Wildman–Crippen LogP) is 3.28. The van der Waals surface area contributed by atoms with Gasteiger partial charge in [0, 0.05) is 32.8 Å². The van der Waals surface area contributed by atoms with E-state index in [-0.39, 0.29) is 11.9 Å². The number of rotatable bonds is 7. The van der Waals surface area contributed by atoms with Gasteiger partial charge in [-0.1, -0.05) is 37.3 Å². The number of aromatic nitrogens is 3. The Morgan fingerprint density at radius 2 is 1.96 bits per heavy atom. The Hall–Kier alpha value is -1.43. The van der Waals surface area contributed by atoms with Gasteiger partial charge in [0.05, 0.1) is 6.20 Å². The molecule has 0 bridgehead atoms. The summed E-state index contributed by atoms with van der Waals surface area (Å²) in [4.78, 5) is 14.8. The van der Waals surface area contributed by atoms with Gasteiger partial charge in [-0.2, -0.15) is 0 Å². The van der Waals surface area contributed by atoms with E-state index in [2.05, 4.69) is 10.3 Å². The molecule has 3 rings (SSSR count). The minimum absolute atomic E-state index is 0.0321. The molecule has 0 radical (unpaired) electrons. The molecule has 0 unspecified atom stereocenters. The van der Waals surface area contributed by atoms with Gasteiger partial charge in [0.15, 0.2) is 5.69 Å². The maximum atomic E-state index is 12.9. The van der Waals surface area contributed by atoms with E-state index < -0.39 is 0 Å². The molecule has 1 aromatic heterocycles. The Morgan fingerprint density at radius 3 is 2.76 bits per heavy atom. The lowest BCUT2D eigenvalue weighted by Crippen LogP contribution is -2.44. The molecule has 0 aromatic carbocycles. The van der Waals surface area contributed by atoms with Crippen LogP contribution < -0.4 is 0 Å². The molecular formula is C19H32N4O2. The molecule has 1 saturated carbocycles. The highest BCUT2D eigenvalue weighted by atomic mass is 16.5. The van der Waals surface area contributed by atoms with Crippen LogP contribution >= 0.6 is 0 Å². The zero-order valence-corrected chi connectivity index (χ0v) is 15.5. The van der Waals surface area contributed by atoms with Gasteiger partial charge in [-0.05, 0) is 38.0 Å². The van der Waals surface area contributed by atoms with Crippen LogP contribution in [0.25, 0.3) is 0 Å². The third-order valence-corrected chi connectivity index (χ3v) is 5.79. The minimum atomic E-state index is 0.0321. The Morgan fingerprint density at radius 1 is 1.16 bits per heavy atom. The van der Waals surface area contributed by atoms with Gasteiger partial charge < -0.3 is 9.64 Å². The standard InChI is InChI=1S/C19H32N4O2/c1-25-14-11-17-9-5-6-12-23(17)19(24)18-15-22(21-20-18)13-10-16-7-3-2-4-8-16/h15-17H,2-14H2,1H3/t17-/m0/s1. The molecule has 1 aromatic rings. The summed E-state index contributed by atoms with van der Waals surface area (Å²) in [5.41, 5.74) is 0.493. The summed E-state index contributed by atoms with van der Waals surface area (Å²) >= 11 is 0. The number of carbonyl (C=O) groups excluding carboxylic acids is 1. The van der Waals surface area contributed by atoms with Crippen LogP contribution in [-0.4, -0.2) is 52.1 Å². The first-order valence-corrected chi connectivity index (χ1v) is 9.98. The topological polar surface area (TPSA) is 60.2 Å². The monoisotopic (exact) mass is 348 g/mol. The second kappa shape index (κ2) is 9.32. The first-order chi connectivity index (χ1) is 12.3. The van der Waals surface area contributed by atoms with Crippen molar-refractivity contribution in [3.05, 3.63) is 11.9 Å². The van der Waals surface area contributed by atoms with Gasteiger partial charge >= 0.3 is 0 Å². The number of nitrogens with zero attached hydrogens (tertiary/aromatic N) is 4. The predicted molar refractivity (Wildman–Crippen MR) is 96.4 cm³/mol. The molecule has 25 heavy (non-hydrogen) atoms. The van der Waals surface area contributed by atoms with E-state index in [1.165, 1.54) is 38.5 Å². The van der Waals surface area contributed by atoms with Crippen LogP contribution in [0, 0.1) is 5.92 Å². The molecule has 2 aliphatic rings. The number of piperidine rings is 1. The van der Waals surface area contributed by atoms with Crippen LogP contribution in [0.3, 0.4) is 0 Å². The van der Waals surface area contributed by atoms with Crippen molar-refractivity contribution in [2.24, 2.45) is 5.92 Å². The first kappa shape index (κ1) is 18.4. The molecule has 1 aliphatic carbocycles. The largest absolute Gasteiger partial charge is 0.385 e. The van der Waals surface area contributed by atoms with Crippen molar-refractivity contribution in [2.75, 3.05) is 20.3 Å². The maximum Gasteiger partial charge on any atom is 0.276 e. The molecule has 6 heteroatoms. The van der Waals surface area contributed by atoms with Gasteiger partial charge in [-0.3, -0.25) is 9.48 Å². The van der Waals surface area contributed by atoms with Gasteiger partial charge in [0.2, 0.25) is 0 Å². The van der Waals surface area contributed by atoms with E-state index in [9.17, 15) is 4.79 Å². The summed E-state index contributed by atoms with van der Waals surface area (Å²) in [5, 5.41) is 8.36. The van der Waals surface area contributed by atoms with E-state index >= 15 is 0 Å². The van der Waals surface area contributed by atoms with Crippen molar-refractivity contribution >= 4 is 5.91 Å². The average molecular weight is 348 g/mol. The SMILES string of the molecule is COCC[C@@H]1CCCCN1C(=O)c1cn(CCC2CCCCC2)nn1. The smallest absolute Gasteiger partial charge is 0.276 e. The van der Waals surface area contributed by atoms with Gasteiger partial charge in [-0.15, -0.1) is 5.10 Å². The molecule has 0 spiro atoms. The van der Waals surface area contributed by atoms with Crippen LogP contribution in [0.1, 0.15) is 74.7 Å². The second-order valence-electron chi connectivity index (χ2n) is 7.59. The molecule has 1 saturated heterocycles. The van der Waals surface area contributed by atoms with E-state index in [1.807, 2.05) is 15.8 Å². The van der Waals surface area contributed by atoms with Crippen molar-refractivity contribution in [2.45, 2.75) is 76.8 Å². The summed E-state index contributed by atoms with van der Waals surface area (Å²) in [7, 11) is 1.72. The van der Waals surface area contributed by atoms with Crippen molar-refractivity contribution in [3.8, 4) is 0 Å². The Balaban J connectivity index is 1.55. The molecule has 1 aliphatic heterocycles. The minimum Gasteiger partial charge on any atom is -0.385 e. The summed E-state index contributed by atoms with van der Waals surface area (Å²) in [6.07, 6.45) is 14.0. The number of ether oxygens (including phenoxy) is 1. The first-order valence-electron chi connectivity index (χ1n) is 9.98. The third kappa shape index (κ3) is 5.03. The van der Waals surface area contributed by atoms with Crippen LogP contribution in [0.2, 0.25) is 0 Å². The van der Waals surface area contributed by atoms with Crippen molar-refractivity contribution in [3.63, 3.8) is 0 Å². The number of methoxy groups -OCH3 is 1. The van der Waals surface area contributed by atoms with Crippen LogP contribution in [0.15, 0.2) is 6.20 Å². The molecule has 140 valence electrons. The average Bonchev–Trinajstić information content (AvgIpc) is 3.14. The Kier molecular flexibility index (Phi) is 6.84. The van der Waals surface area contributed by atoms with Crippen LogP contribution in [0.5, 0.6) is 0 Å². The molecule has 0 N–H and O–H groups in total. The highest BCUT2D eigenvalue weighted by molar-refractivity contribution is 5.92. The summed E-state index contributed by atoms with van der Waals surface area (Å²) in [6, 6.07) is 0.272. The lowest BCUT2D eigenvalue weighted by molar-refractivity contribution is 0.0547. The second-order valence-corrected chi connectivity index (χ2v) is 7.59. The van der Waals surface area contributed by atoms with Gasteiger partial charge in [0.25, 0.3) is 5.91 Å². The normalized spacial score (nSPS) is 22.3. The fourth-order valence-electron chi connectivity index (χ4n) is 4.27. The quantitative estimate of drug-likeness (QED) is 0.759. The lowest BCUT2D eigenvalue weighted by atomic mass is 9.87. The van der Waals surface area contributed by atoms with Crippen molar-refractivity contribution in [1.82, 2.24) is 19.9 Å². The van der Waals surface area contributed by atoms with E-state index in [0.717, 1.165) is 44.7 Å². The highest BCUT2D eigenvalue weighted by Gasteiger charge is 2.28. The highest BCUT2D eigenvalue weighted by Crippen LogP contribution is 2.26. The Bertz CT molecular complexity index is 539. The van der Waals surface area contributed by atoms with Crippen LogP contribution in [0.4, 0.5) is 0 Å². The zero-order valence-electron chi connectivity index (χ0n) is 15.5. The third-order valence-electron chi connectivity index (χ3n) is 5.79. The van der Waals surface area contributed by atoms with E-state index in [1.54, 1.807) is 7.11 Å². The molecular weight excluding hydrogens is 316 g/mol. The van der Waals surface area contributed by atoms with Crippen LogP contribution in [-0.2, 0) is 11.3 Å². The fraction of sp³-hybridized carbons (Fsp3) is 0.842. The van der Waals surface area contributed by atoms with Crippen molar-refractivity contribution < 1.29 is 9.53 Å². The molecule has 2 fully saturated rings.